The van der Waals surface area contributed by atoms with Crippen LogP contribution in [-0.2, 0) is 14.9 Å². The molecule has 148 valence electrons. The largest absolute Gasteiger partial charge is 0.378 e. The average molecular weight is 399 g/mol. The molecule has 0 saturated carbocycles. The van der Waals surface area contributed by atoms with Crippen molar-refractivity contribution in [3.63, 3.8) is 0 Å². The van der Waals surface area contributed by atoms with Gasteiger partial charge < -0.3 is 15.0 Å². The van der Waals surface area contributed by atoms with E-state index in [1.807, 2.05) is 42.5 Å². The summed E-state index contributed by atoms with van der Waals surface area (Å²) in [5.41, 5.74) is 3.09. The van der Waals surface area contributed by atoms with Crippen LogP contribution in [0.3, 0.4) is 0 Å². The Bertz CT molecular complexity index is 825. The number of rotatable bonds is 6. The minimum atomic E-state index is -0.200. The first kappa shape index (κ1) is 20.4. The molecule has 1 fully saturated rings. The molecule has 1 N–H and O–H groups in total. The zero-order valence-electron chi connectivity index (χ0n) is 16.5. The molecule has 2 aromatic carbocycles. The molecule has 0 unspecified atom stereocenters. The van der Waals surface area contributed by atoms with Gasteiger partial charge in [-0.25, -0.2) is 0 Å². The van der Waals surface area contributed by atoms with Crippen molar-refractivity contribution in [3.8, 4) is 0 Å². The lowest BCUT2D eigenvalue weighted by Crippen LogP contribution is -2.36. The number of carbonyl (C=O) groups excluding carboxylic acids is 1. The van der Waals surface area contributed by atoms with Crippen LogP contribution in [0.2, 0.25) is 5.02 Å². The zero-order valence-corrected chi connectivity index (χ0v) is 17.2. The maximum Gasteiger partial charge on any atom is 0.244 e. The maximum atomic E-state index is 12.2. The van der Waals surface area contributed by atoms with Crippen LogP contribution in [0.4, 0.5) is 5.69 Å². The molecule has 1 aliphatic rings. The van der Waals surface area contributed by atoms with Crippen LogP contribution in [0, 0.1) is 0 Å². The van der Waals surface area contributed by atoms with Crippen molar-refractivity contribution in [1.29, 1.82) is 0 Å². The number of hydrogen-bond donors (Lipinski definition) is 1. The van der Waals surface area contributed by atoms with Crippen LogP contribution in [0.15, 0.2) is 54.6 Å². The van der Waals surface area contributed by atoms with Gasteiger partial charge in [-0.2, -0.15) is 0 Å². The number of nitrogens with one attached hydrogen (secondary N) is 1. The third-order valence-corrected chi connectivity index (χ3v) is 5.24. The number of halogens is 1. The molecule has 0 atom stereocenters. The molecule has 2 aromatic rings. The summed E-state index contributed by atoms with van der Waals surface area (Å²) in [5.74, 6) is -0.104. The molecule has 0 bridgehead atoms. The maximum absolute atomic E-state index is 12.2. The van der Waals surface area contributed by atoms with E-state index < -0.39 is 0 Å². The third-order valence-electron chi connectivity index (χ3n) is 5.01. The highest BCUT2D eigenvalue weighted by Gasteiger charge is 2.21. The topological polar surface area (TPSA) is 41.6 Å². The second-order valence-corrected chi connectivity index (χ2v) is 8.07. The second kappa shape index (κ2) is 9.26. The Labute approximate surface area is 172 Å². The lowest BCUT2D eigenvalue weighted by atomic mass is 9.84. The first-order chi connectivity index (χ1) is 13.4. The van der Waals surface area contributed by atoms with Gasteiger partial charge in [0.25, 0.3) is 0 Å². The van der Waals surface area contributed by atoms with Gasteiger partial charge in [-0.3, -0.25) is 4.79 Å². The SMILES string of the molecule is CC(C)(CNC(=O)C=Cc1ccc(N2CCOCC2)cc1)c1cccc(Cl)c1. The Morgan fingerprint density at radius 2 is 1.89 bits per heavy atom. The fourth-order valence-corrected chi connectivity index (χ4v) is 3.36. The van der Waals surface area contributed by atoms with Crippen LogP contribution in [0.5, 0.6) is 0 Å². The highest BCUT2D eigenvalue weighted by Crippen LogP contribution is 2.25. The molecule has 3 rings (SSSR count). The third kappa shape index (κ3) is 5.60. The highest BCUT2D eigenvalue weighted by molar-refractivity contribution is 6.30. The molecule has 1 saturated heterocycles. The van der Waals surface area contributed by atoms with E-state index in [1.165, 1.54) is 5.69 Å². The average Bonchev–Trinajstić information content (AvgIpc) is 2.72. The fraction of sp³-hybridized carbons (Fsp3) is 0.348. The Kier molecular flexibility index (Phi) is 6.76. The number of anilines is 1. The second-order valence-electron chi connectivity index (χ2n) is 7.64. The first-order valence-electron chi connectivity index (χ1n) is 9.59. The van der Waals surface area contributed by atoms with Crippen LogP contribution in [0.1, 0.15) is 25.0 Å². The highest BCUT2D eigenvalue weighted by atomic mass is 35.5. The van der Waals surface area contributed by atoms with Crippen molar-refractivity contribution in [2.24, 2.45) is 0 Å². The molecule has 1 amide bonds. The summed E-state index contributed by atoms with van der Waals surface area (Å²) < 4.78 is 5.39. The van der Waals surface area contributed by atoms with E-state index in [4.69, 9.17) is 16.3 Å². The molecule has 1 aliphatic heterocycles. The molecule has 0 aliphatic carbocycles. The van der Waals surface area contributed by atoms with Gasteiger partial charge in [0.1, 0.15) is 0 Å². The number of amides is 1. The summed E-state index contributed by atoms with van der Waals surface area (Å²) in [5, 5.41) is 3.69. The molecule has 5 heteroatoms. The monoisotopic (exact) mass is 398 g/mol. The summed E-state index contributed by atoms with van der Waals surface area (Å²) in [6.45, 7) is 8.09. The number of nitrogens with zero attached hydrogens (tertiary/aromatic N) is 1. The summed E-state index contributed by atoms with van der Waals surface area (Å²) in [6, 6.07) is 16.0. The van der Waals surface area contributed by atoms with Crippen LogP contribution in [-0.4, -0.2) is 38.8 Å². The Morgan fingerprint density at radius 3 is 2.57 bits per heavy atom. The Hall–Kier alpha value is -2.30. The number of hydrogen-bond acceptors (Lipinski definition) is 3. The van der Waals surface area contributed by atoms with E-state index >= 15 is 0 Å². The molecular formula is C23H27ClN2O2. The predicted molar refractivity (Wildman–Crippen MR) is 116 cm³/mol. The van der Waals surface area contributed by atoms with Gasteiger partial charge in [0.15, 0.2) is 0 Å². The van der Waals surface area contributed by atoms with E-state index in [2.05, 4.69) is 36.2 Å². The van der Waals surface area contributed by atoms with Gasteiger partial charge in [0.05, 0.1) is 13.2 Å². The number of carbonyl (C=O) groups is 1. The van der Waals surface area contributed by atoms with Gasteiger partial charge in [-0.05, 0) is 41.5 Å². The fourth-order valence-electron chi connectivity index (χ4n) is 3.17. The normalized spacial score (nSPS) is 15.0. The number of morpholine rings is 1. The van der Waals surface area contributed by atoms with Crippen LogP contribution < -0.4 is 10.2 Å². The van der Waals surface area contributed by atoms with E-state index in [-0.39, 0.29) is 11.3 Å². The standard InChI is InChI=1S/C23H27ClN2O2/c1-23(2,19-4-3-5-20(24)16-19)17-25-22(27)11-8-18-6-9-21(10-7-18)26-12-14-28-15-13-26/h3-11,16H,12-15,17H2,1-2H3,(H,25,27). The van der Waals surface area contributed by atoms with Crippen molar-refractivity contribution in [2.75, 3.05) is 37.7 Å². The van der Waals surface area contributed by atoms with Crippen molar-refractivity contribution >= 4 is 29.3 Å². The quantitative estimate of drug-likeness (QED) is 0.738. The van der Waals surface area contributed by atoms with Crippen molar-refractivity contribution in [1.82, 2.24) is 5.32 Å². The van der Waals surface area contributed by atoms with Crippen molar-refractivity contribution in [2.45, 2.75) is 19.3 Å². The molecular weight excluding hydrogens is 372 g/mol. The molecule has 0 aromatic heterocycles. The number of benzene rings is 2. The Morgan fingerprint density at radius 1 is 1.18 bits per heavy atom. The van der Waals surface area contributed by atoms with Gasteiger partial charge in [0, 0.05) is 41.8 Å². The molecule has 4 nitrogen and oxygen atoms in total. The minimum absolute atomic E-state index is 0.104. The van der Waals surface area contributed by atoms with E-state index in [1.54, 1.807) is 6.08 Å². The summed E-state index contributed by atoms with van der Waals surface area (Å²) in [6.07, 6.45) is 3.42. The van der Waals surface area contributed by atoms with E-state index in [0.717, 1.165) is 37.4 Å². The molecule has 1 heterocycles. The molecule has 0 spiro atoms. The van der Waals surface area contributed by atoms with Gasteiger partial charge in [-0.15, -0.1) is 0 Å². The smallest absolute Gasteiger partial charge is 0.244 e. The van der Waals surface area contributed by atoms with Gasteiger partial charge in [-0.1, -0.05) is 49.7 Å². The minimum Gasteiger partial charge on any atom is -0.378 e. The lowest BCUT2D eigenvalue weighted by molar-refractivity contribution is -0.116. The predicted octanol–water partition coefficient (Wildman–Crippen LogP) is 4.28. The van der Waals surface area contributed by atoms with Crippen molar-refractivity contribution < 1.29 is 9.53 Å². The summed E-state index contributed by atoms with van der Waals surface area (Å²) >= 11 is 6.08. The first-order valence-corrected chi connectivity index (χ1v) is 9.97. The number of ether oxygens (including phenoxy) is 1. The van der Waals surface area contributed by atoms with Gasteiger partial charge >= 0.3 is 0 Å². The summed E-state index contributed by atoms with van der Waals surface area (Å²) in [7, 11) is 0. The van der Waals surface area contributed by atoms with E-state index in [0.29, 0.717) is 11.6 Å². The van der Waals surface area contributed by atoms with Crippen LogP contribution in [0.25, 0.3) is 6.08 Å². The summed E-state index contributed by atoms with van der Waals surface area (Å²) in [4.78, 5) is 14.5. The molecule has 28 heavy (non-hydrogen) atoms. The molecule has 0 radical (unpaired) electrons. The van der Waals surface area contributed by atoms with Crippen molar-refractivity contribution in [3.05, 3.63) is 70.8 Å². The lowest BCUT2D eigenvalue weighted by Gasteiger charge is -2.28. The zero-order chi connectivity index (χ0) is 20.0. The van der Waals surface area contributed by atoms with Crippen LogP contribution >= 0.6 is 11.6 Å². The van der Waals surface area contributed by atoms with Gasteiger partial charge in [0.2, 0.25) is 5.91 Å². The Balaban J connectivity index is 1.53. The van der Waals surface area contributed by atoms with E-state index in [9.17, 15) is 4.79 Å².